The van der Waals surface area contributed by atoms with E-state index in [2.05, 4.69) is 20.8 Å². The molecule has 7 heteroatoms. The van der Waals surface area contributed by atoms with E-state index in [1.54, 1.807) is 28.0 Å². The van der Waals surface area contributed by atoms with Crippen LogP contribution in [0.3, 0.4) is 0 Å². The van der Waals surface area contributed by atoms with Crippen molar-refractivity contribution in [3.63, 3.8) is 0 Å². The molecule has 1 aliphatic carbocycles. The highest BCUT2D eigenvalue weighted by atomic mass is 32.1. The molecule has 1 aliphatic rings. The van der Waals surface area contributed by atoms with Crippen LogP contribution in [0.5, 0.6) is 0 Å². The van der Waals surface area contributed by atoms with Crippen molar-refractivity contribution >= 4 is 27.5 Å². The summed E-state index contributed by atoms with van der Waals surface area (Å²) in [6, 6.07) is 3.29. The second-order valence-electron chi connectivity index (χ2n) is 9.76. The number of aryl methyl sites for hydroxylation is 1. The number of carbonyl (C=O) groups excluding carboxylic acids is 1. The van der Waals surface area contributed by atoms with E-state index in [0.29, 0.717) is 11.7 Å². The topological polar surface area (TPSA) is 74.3 Å². The number of thiophene rings is 1. The Bertz CT molecular complexity index is 1190. The maximum Gasteiger partial charge on any atom is 0.373 e. The maximum absolute atomic E-state index is 13.7. The lowest BCUT2D eigenvalue weighted by molar-refractivity contribution is 0.0563. The van der Waals surface area contributed by atoms with E-state index in [4.69, 9.17) is 14.1 Å². The number of methoxy groups -OCH3 is 1. The number of nitrogens with zero attached hydrogens (tertiary/aromatic N) is 2. The summed E-state index contributed by atoms with van der Waals surface area (Å²) < 4.78 is 12.0. The third-order valence-corrected chi connectivity index (χ3v) is 7.45. The second-order valence-corrected chi connectivity index (χ2v) is 10.8. The van der Waals surface area contributed by atoms with Crippen molar-refractivity contribution in [1.82, 2.24) is 9.55 Å². The van der Waals surface area contributed by atoms with Crippen molar-refractivity contribution in [3.05, 3.63) is 50.3 Å². The van der Waals surface area contributed by atoms with Crippen molar-refractivity contribution in [2.24, 2.45) is 11.3 Å². The summed E-state index contributed by atoms with van der Waals surface area (Å²) in [5.74, 6) is 1.55. The molecule has 166 valence electrons. The molecule has 3 aromatic rings. The molecule has 0 saturated carbocycles. The highest BCUT2D eigenvalue weighted by molar-refractivity contribution is 7.18. The van der Waals surface area contributed by atoms with Crippen LogP contribution in [0, 0.1) is 11.3 Å². The van der Waals surface area contributed by atoms with Gasteiger partial charge in [-0.3, -0.25) is 9.36 Å². The standard InChI is InChI=1S/C24H30N2O4S/c1-13(2)20-25-21-19(16-9-7-14(24(3,4)5)11-18(16)31-21)22(27)26(20)12-15-8-10-17(30-15)23(28)29-6/h8,10,13-14H,7,9,11-12H2,1-6H3. The molecule has 0 radical (unpaired) electrons. The Morgan fingerprint density at radius 2 is 2.10 bits per heavy atom. The van der Waals surface area contributed by atoms with Gasteiger partial charge in [-0.2, -0.15) is 0 Å². The number of hydrogen-bond acceptors (Lipinski definition) is 6. The third-order valence-electron chi connectivity index (χ3n) is 6.30. The maximum atomic E-state index is 13.7. The molecule has 1 atom stereocenters. The van der Waals surface area contributed by atoms with Gasteiger partial charge in [0.15, 0.2) is 0 Å². The fourth-order valence-corrected chi connectivity index (χ4v) is 5.73. The van der Waals surface area contributed by atoms with Gasteiger partial charge < -0.3 is 9.15 Å². The number of aromatic nitrogens is 2. The third kappa shape index (κ3) is 3.95. The van der Waals surface area contributed by atoms with Gasteiger partial charge in [0.2, 0.25) is 5.76 Å². The predicted octanol–water partition coefficient (Wildman–Crippen LogP) is 5.16. The Balaban J connectivity index is 1.80. The lowest BCUT2D eigenvalue weighted by Crippen LogP contribution is -2.28. The van der Waals surface area contributed by atoms with E-state index in [1.807, 2.05) is 13.8 Å². The van der Waals surface area contributed by atoms with Gasteiger partial charge >= 0.3 is 5.97 Å². The molecule has 0 bridgehead atoms. The average molecular weight is 443 g/mol. The van der Waals surface area contributed by atoms with E-state index in [1.165, 1.54) is 17.6 Å². The molecule has 0 N–H and O–H groups in total. The molecule has 6 nitrogen and oxygen atoms in total. The van der Waals surface area contributed by atoms with Gasteiger partial charge in [0, 0.05) is 10.8 Å². The zero-order valence-electron chi connectivity index (χ0n) is 19.1. The molecule has 0 aromatic carbocycles. The van der Waals surface area contributed by atoms with Crippen LogP contribution < -0.4 is 5.56 Å². The zero-order valence-corrected chi connectivity index (χ0v) is 19.9. The van der Waals surface area contributed by atoms with Crippen molar-refractivity contribution < 1.29 is 13.9 Å². The Labute approximate surface area is 186 Å². The first-order valence-corrected chi connectivity index (χ1v) is 11.6. The monoisotopic (exact) mass is 442 g/mol. The summed E-state index contributed by atoms with van der Waals surface area (Å²) in [6.07, 6.45) is 3.02. The van der Waals surface area contributed by atoms with Gasteiger partial charge in [0.05, 0.1) is 19.0 Å². The van der Waals surface area contributed by atoms with Crippen LogP contribution in [0.4, 0.5) is 0 Å². The number of furan rings is 1. The molecule has 3 aromatic heterocycles. The largest absolute Gasteiger partial charge is 0.463 e. The molecule has 31 heavy (non-hydrogen) atoms. The first-order chi connectivity index (χ1) is 14.6. The van der Waals surface area contributed by atoms with Crippen LogP contribution in [-0.4, -0.2) is 22.6 Å². The smallest absolute Gasteiger partial charge is 0.373 e. The summed E-state index contributed by atoms with van der Waals surface area (Å²) in [5.41, 5.74) is 1.41. The highest BCUT2D eigenvalue weighted by Gasteiger charge is 2.32. The Morgan fingerprint density at radius 3 is 2.74 bits per heavy atom. The minimum atomic E-state index is -0.531. The summed E-state index contributed by atoms with van der Waals surface area (Å²) in [7, 11) is 1.31. The summed E-state index contributed by atoms with van der Waals surface area (Å²) in [4.78, 5) is 32.5. The van der Waals surface area contributed by atoms with E-state index >= 15 is 0 Å². The highest BCUT2D eigenvalue weighted by Crippen LogP contribution is 2.42. The number of carbonyl (C=O) groups is 1. The van der Waals surface area contributed by atoms with Gasteiger partial charge in [-0.05, 0) is 48.3 Å². The van der Waals surface area contributed by atoms with Crippen molar-refractivity contribution in [2.45, 2.75) is 66.3 Å². The summed E-state index contributed by atoms with van der Waals surface area (Å²) in [6.45, 7) is 11.2. The Hall–Kier alpha value is -2.41. The van der Waals surface area contributed by atoms with Crippen LogP contribution in [-0.2, 0) is 24.1 Å². The molecular formula is C24H30N2O4S. The van der Waals surface area contributed by atoms with Gasteiger partial charge in [-0.15, -0.1) is 11.3 Å². The van der Waals surface area contributed by atoms with Gasteiger partial charge in [-0.25, -0.2) is 9.78 Å². The van der Waals surface area contributed by atoms with Gasteiger partial charge in [-0.1, -0.05) is 34.6 Å². The van der Waals surface area contributed by atoms with Crippen LogP contribution >= 0.6 is 11.3 Å². The molecule has 4 rings (SSSR count). The van der Waals surface area contributed by atoms with Gasteiger partial charge in [0.1, 0.15) is 16.4 Å². The van der Waals surface area contributed by atoms with Crippen LogP contribution in [0.25, 0.3) is 10.2 Å². The van der Waals surface area contributed by atoms with E-state index < -0.39 is 5.97 Å². The first-order valence-electron chi connectivity index (χ1n) is 10.8. The summed E-state index contributed by atoms with van der Waals surface area (Å²) in [5, 5.41) is 0.761. The number of ether oxygens (including phenoxy) is 1. The van der Waals surface area contributed by atoms with Crippen molar-refractivity contribution in [1.29, 1.82) is 0 Å². The molecule has 0 aliphatic heterocycles. The quantitative estimate of drug-likeness (QED) is 0.522. The minimum absolute atomic E-state index is 0.0172. The van der Waals surface area contributed by atoms with Gasteiger partial charge in [0.25, 0.3) is 5.56 Å². The number of esters is 1. The molecule has 0 amide bonds. The average Bonchev–Trinajstić information content (AvgIpc) is 3.32. The molecule has 3 heterocycles. The molecule has 0 saturated heterocycles. The SMILES string of the molecule is COC(=O)c1ccc(Cn2c(C(C)C)nc3sc4c(c3c2=O)CCC(C(C)(C)C)C4)o1. The Kier molecular flexibility index (Phi) is 5.58. The lowest BCUT2D eigenvalue weighted by atomic mass is 9.72. The molecule has 0 spiro atoms. The van der Waals surface area contributed by atoms with Crippen molar-refractivity contribution in [3.8, 4) is 0 Å². The van der Waals surface area contributed by atoms with E-state index in [0.717, 1.165) is 35.3 Å². The van der Waals surface area contributed by atoms with Crippen LogP contribution in [0.15, 0.2) is 21.3 Å². The lowest BCUT2D eigenvalue weighted by Gasteiger charge is -2.33. The fraction of sp³-hybridized carbons (Fsp3) is 0.542. The fourth-order valence-electron chi connectivity index (χ4n) is 4.44. The normalized spacial score (nSPS) is 16.7. The number of rotatable bonds is 4. The zero-order chi connectivity index (χ0) is 22.5. The first kappa shape index (κ1) is 21.8. The van der Waals surface area contributed by atoms with Crippen LogP contribution in [0.1, 0.15) is 79.5 Å². The number of fused-ring (bicyclic) bond motifs is 3. The molecule has 0 fully saturated rings. The van der Waals surface area contributed by atoms with Crippen LogP contribution in [0.2, 0.25) is 0 Å². The minimum Gasteiger partial charge on any atom is -0.463 e. The second kappa shape index (κ2) is 7.93. The summed E-state index contributed by atoms with van der Waals surface area (Å²) >= 11 is 1.68. The molecule has 1 unspecified atom stereocenters. The van der Waals surface area contributed by atoms with Crippen molar-refractivity contribution in [2.75, 3.05) is 7.11 Å². The van der Waals surface area contributed by atoms with E-state index in [-0.39, 0.29) is 29.2 Å². The molecular weight excluding hydrogens is 412 g/mol. The predicted molar refractivity (Wildman–Crippen MR) is 122 cm³/mol. The Morgan fingerprint density at radius 1 is 1.35 bits per heavy atom. The number of hydrogen-bond donors (Lipinski definition) is 0. The van der Waals surface area contributed by atoms with E-state index in [9.17, 15) is 9.59 Å².